The molecule has 25 heavy (non-hydrogen) atoms. The van der Waals surface area contributed by atoms with Crippen molar-refractivity contribution in [3.8, 4) is 0 Å². The van der Waals surface area contributed by atoms with Crippen molar-refractivity contribution in [1.29, 1.82) is 0 Å². The Morgan fingerprint density at radius 1 is 1.36 bits per heavy atom. The lowest BCUT2D eigenvalue weighted by molar-refractivity contribution is -0.295. The Morgan fingerprint density at radius 3 is 2.44 bits per heavy atom. The van der Waals surface area contributed by atoms with Gasteiger partial charge in [0.2, 0.25) is 0 Å². The van der Waals surface area contributed by atoms with Crippen molar-refractivity contribution in [3.05, 3.63) is 0 Å². The van der Waals surface area contributed by atoms with Gasteiger partial charge in [0.15, 0.2) is 6.61 Å². The average Bonchev–Trinajstić information content (AvgIpc) is 2.53. The molecule has 0 spiro atoms. The molecule has 1 rings (SSSR count). The first-order valence-electron chi connectivity index (χ1n) is 7.23. The third-order valence-corrected chi connectivity index (χ3v) is 3.57. The normalized spacial score (nSPS) is 31.7. The van der Waals surface area contributed by atoms with Gasteiger partial charge in [-0.15, -0.1) is 0 Å². The number of aliphatic hydroxyl groups is 5. The van der Waals surface area contributed by atoms with Crippen LogP contribution in [0.1, 0.15) is 13.3 Å². The van der Waals surface area contributed by atoms with E-state index in [1.165, 1.54) is 0 Å². The molecule has 1 fully saturated rings. The van der Waals surface area contributed by atoms with Gasteiger partial charge in [-0.3, -0.25) is 9.59 Å². The molecule has 0 bridgehead atoms. The highest BCUT2D eigenvalue weighted by Crippen LogP contribution is 2.30. The molecule has 12 nitrogen and oxygen atoms in total. The van der Waals surface area contributed by atoms with E-state index in [0.29, 0.717) is 0 Å². The molecule has 0 aromatic carbocycles. The molecule has 1 heterocycles. The number of carboxylic acid groups (broad SMARTS) is 1. The zero-order valence-corrected chi connectivity index (χ0v) is 13.2. The molecular weight excluding hydrogens is 346 g/mol. The number of carbonyl (C=O) groups is 3. The van der Waals surface area contributed by atoms with Crippen LogP contribution in [0.15, 0.2) is 0 Å². The van der Waals surface area contributed by atoms with Gasteiger partial charge in [-0.2, -0.15) is 0 Å². The number of hydrogen-bond donors (Lipinski definition) is 7. The minimum atomic E-state index is -2.88. The Bertz CT molecular complexity index is 512. The molecule has 0 radical (unpaired) electrons. The Morgan fingerprint density at radius 2 is 1.96 bits per heavy atom. The van der Waals surface area contributed by atoms with E-state index in [2.05, 4.69) is 10.1 Å². The summed E-state index contributed by atoms with van der Waals surface area (Å²) in [6.07, 6.45) is -8.08. The van der Waals surface area contributed by atoms with E-state index in [1.54, 1.807) is 0 Å². The summed E-state index contributed by atoms with van der Waals surface area (Å²) < 4.78 is 9.34. The summed E-state index contributed by atoms with van der Waals surface area (Å²) in [6, 6.07) is -1.46. The van der Waals surface area contributed by atoms with Crippen molar-refractivity contribution in [1.82, 2.24) is 5.32 Å². The van der Waals surface area contributed by atoms with Gasteiger partial charge >= 0.3 is 11.9 Å². The lowest BCUT2D eigenvalue weighted by Crippen LogP contribution is -2.67. The van der Waals surface area contributed by atoms with Crippen LogP contribution in [0.25, 0.3) is 0 Å². The molecule has 12 heteroatoms. The minimum Gasteiger partial charge on any atom is -0.477 e. The first-order chi connectivity index (χ1) is 11.5. The maximum Gasteiger partial charge on any atom is 0.364 e. The van der Waals surface area contributed by atoms with Crippen molar-refractivity contribution < 1.29 is 54.5 Å². The Labute approximate surface area is 141 Å². The topological polar surface area (TPSA) is 203 Å². The summed E-state index contributed by atoms with van der Waals surface area (Å²) in [6.45, 7) is -0.590. The summed E-state index contributed by atoms with van der Waals surface area (Å²) in [7, 11) is 0. The number of carbonyl (C=O) groups excluding carboxylic acids is 2. The highest BCUT2D eigenvalue weighted by Gasteiger charge is 2.54. The van der Waals surface area contributed by atoms with E-state index in [9.17, 15) is 34.8 Å². The molecule has 1 saturated heterocycles. The van der Waals surface area contributed by atoms with Gasteiger partial charge < -0.3 is 45.4 Å². The van der Waals surface area contributed by atoms with Crippen molar-refractivity contribution in [2.45, 2.75) is 49.6 Å². The van der Waals surface area contributed by atoms with Gasteiger partial charge in [-0.1, -0.05) is 0 Å². The molecule has 0 aromatic heterocycles. The number of rotatable bonds is 7. The first kappa shape index (κ1) is 21.2. The number of hydrogen-bond acceptors (Lipinski definition) is 10. The third-order valence-electron chi connectivity index (χ3n) is 3.57. The van der Waals surface area contributed by atoms with Crippen molar-refractivity contribution >= 4 is 17.8 Å². The highest BCUT2D eigenvalue weighted by atomic mass is 16.7. The van der Waals surface area contributed by atoms with Crippen LogP contribution in [0.4, 0.5) is 0 Å². The van der Waals surface area contributed by atoms with Crippen LogP contribution in [0, 0.1) is 0 Å². The Hall–Kier alpha value is -1.83. The summed E-state index contributed by atoms with van der Waals surface area (Å²) in [5.41, 5.74) is 0. The van der Waals surface area contributed by atoms with E-state index < -0.39 is 73.7 Å². The maximum absolute atomic E-state index is 11.7. The summed E-state index contributed by atoms with van der Waals surface area (Å²) in [5.74, 6) is -6.38. The zero-order valence-electron chi connectivity index (χ0n) is 13.2. The predicted octanol–water partition coefficient (Wildman–Crippen LogP) is -4.33. The monoisotopic (exact) mass is 367 g/mol. The van der Waals surface area contributed by atoms with Crippen molar-refractivity contribution in [2.24, 2.45) is 0 Å². The molecule has 1 aliphatic rings. The number of carboxylic acids is 1. The van der Waals surface area contributed by atoms with Gasteiger partial charge in [0.25, 0.3) is 11.7 Å². The standard InChI is InChI=1S/C13H21NO11/c1-5(16)24-4-8(19)14-9-6(17)2-13(23,12(21)22)25-11(9)10(20)7(18)3-15/h6-7,9-11,15,17-18,20,23H,2-4H2,1H3,(H,14,19)(H,21,22)/t6-,7+,9+,10+,11+,13-/m0/s1. The van der Waals surface area contributed by atoms with Crippen LogP contribution in [0.3, 0.4) is 0 Å². The Balaban J connectivity index is 2.99. The van der Waals surface area contributed by atoms with Gasteiger partial charge in [-0.25, -0.2) is 4.79 Å². The molecule has 6 atom stereocenters. The number of esters is 1. The van der Waals surface area contributed by atoms with E-state index in [1.807, 2.05) is 0 Å². The number of aliphatic hydroxyl groups excluding tert-OH is 4. The fourth-order valence-electron chi connectivity index (χ4n) is 2.30. The fourth-order valence-corrected chi connectivity index (χ4v) is 2.30. The molecule has 144 valence electrons. The van der Waals surface area contributed by atoms with Gasteiger partial charge in [0.1, 0.15) is 18.3 Å². The van der Waals surface area contributed by atoms with Crippen molar-refractivity contribution in [3.63, 3.8) is 0 Å². The lowest BCUT2D eigenvalue weighted by Gasteiger charge is -2.44. The summed E-state index contributed by atoms with van der Waals surface area (Å²) >= 11 is 0. The van der Waals surface area contributed by atoms with Crippen LogP contribution in [-0.4, -0.2) is 97.9 Å². The molecule has 1 aliphatic heterocycles. The fraction of sp³-hybridized carbons (Fsp3) is 0.769. The number of ether oxygens (including phenoxy) is 2. The van der Waals surface area contributed by atoms with E-state index in [4.69, 9.17) is 14.9 Å². The molecule has 1 amide bonds. The Kier molecular flexibility index (Phi) is 7.22. The summed E-state index contributed by atoms with van der Waals surface area (Å²) in [5, 5.41) is 59.6. The maximum atomic E-state index is 11.7. The van der Waals surface area contributed by atoms with Gasteiger partial charge in [-0.05, 0) is 0 Å². The second-order valence-corrected chi connectivity index (χ2v) is 5.56. The number of nitrogens with one attached hydrogen (secondary N) is 1. The predicted molar refractivity (Wildman–Crippen MR) is 75.7 cm³/mol. The SMILES string of the molecule is CC(=O)OCC(=O)N[C@H]1[C@H]([C@H](O)[C@H](O)CO)O[C@](O)(C(=O)O)C[C@@H]1O. The number of amides is 1. The third kappa shape index (κ3) is 5.32. The molecule has 0 saturated carbocycles. The van der Waals surface area contributed by atoms with Gasteiger partial charge in [0, 0.05) is 13.3 Å². The van der Waals surface area contributed by atoms with Crippen molar-refractivity contribution in [2.75, 3.05) is 13.2 Å². The van der Waals surface area contributed by atoms with E-state index in [0.717, 1.165) is 6.92 Å². The van der Waals surface area contributed by atoms with E-state index in [-0.39, 0.29) is 0 Å². The smallest absolute Gasteiger partial charge is 0.364 e. The lowest BCUT2D eigenvalue weighted by atomic mass is 9.88. The second-order valence-electron chi connectivity index (χ2n) is 5.56. The van der Waals surface area contributed by atoms with Crippen LogP contribution >= 0.6 is 0 Å². The minimum absolute atomic E-state index is 0.715. The average molecular weight is 367 g/mol. The van der Waals surface area contributed by atoms with Crippen LogP contribution in [0.5, 0.6) is 0 Å². The van der Waals surface area contributed by atoms with Gasteiger partial charge in [0.05, 0.1) is 18.8 Å². The number of aliphatic carboxylic acids is 1. The van der Waals surface area contributed by atoms with Crippen LogP contribution in [0.2, 0.25) is 0 Å². The highest BCUT2D eigenvalue weighted by molar-refractivity contribution is 5.80. The van der Waals surface area contributed by atoms with Crippen LogP contribution < -0.4 is 5.32 Å². The summed E-state index contributed by atoms with van der Waals surface area (Å²) in [4.78, 5) is 33.5. The largest absolute Gasteiger partial charge is 0.477 e. The van der Waals surface area contributed by atoms with Crippen LogP contribution in [-0.2, 0) is 23.9 Å². The molecule has 0 aromatic rings. The molecular formula is C13H21NO11. The second kappa shape index (κ2) is 8.51. The quantitative estimate of drug-likeness (QED) is 0.214. The molecule has 0 aliphatic carbocycles. The molecule has 7 N–H and O–H groups in total. The molecule has 0 unspecified atom stereocenters. The van der Waals surface area contributed by atoms with E-state index >= 15 is 0 Å². The first-order valence-corrected chi connectivity index (χ1v) is 7.23. The zero-order chi connectivity index (χ0) is 19.4.